The Morgan fingerprint density at radius 3 is 2.83 bits per heavy atom. The van der Waals surface area contributed by atoms with Crippen LogP contribution in [0.25, 0.3) is 0 Å². The molecule has 0 saturated carbocycles. The lowest BCUT2D eigenvalue weighted by Gasteiger charge is -1.97. The lowest BCUT2D eigenvalue weighted by Crippen LogP contribution is -2.11. The van der Waals surface area contributed by atoms with Crippen molar-refractivity contribution in [2.75, 3.05) is 18.4 Å². The molecule has 0 spiro atoms. The van der Waals surface area contributed by atoms with Crippen LogP contribution >= 0.6 is 0 Å². The maximum atomic E-state index is 5.37. The van der Waals surface area contributed by atoms with E-state index in [2.05, 4.69) is 31.0 Å². The van der Waals surface area contributed by atoms with Crippen LogP contribution in [0, 0.1) is 6.92 Å². The first kappa shape index (κ1) is 12.5. The number of nitrogens with one attached hydrogen (secondary N) is 2. The van der Waals surface area contributed by atoms with Crippen molar-refractivity contribution in [1.29, 1.82) is 0 Å². The van der Waals surface area contributed by atoms with Crippen molar-refractivity contribution in [3.63, 3.8) is 0 Å². The summed E-state index contributed by atoms with van der Waals surface area (Å²) in [5.41, 5.74) is 0. The maximum Gasteiger partial charge on any atom is 0.315 e. The number of anilines is 1. The fourth-order valence-corrected chi connectivity index (χ4v) is 1.35. The number of hydrogen-bond donors (Lipinski definition) is 2. The van der Waals surface area contributed by atoms with E-state index in [0.717, 1.165) is 6.54 Å². The van der Waals surface area contributed by atoms with Crippen LogP contribution in [-0.2, 0) is 13.0 Å². The summed E-state index contributed by atoms with van der Waals surface area (Å²) in [6.07, 6.45) is 0.617. The SMILES string of the molecule is CCNCc1nnc(NCCc2nc(C)no2)o1. The molecule has 0 radical (unpaired) electrons. The second kappa shape index (κ2) is 6.10. The third kappa shape index (κ3) is 3.52. The van der Waals surface area contributed by atoms with Crippen molar-refractivity contribution < 1.29 is 8.94 Å². The molecule has 18 heavy (non-hydrogen) atoms. The van der Waals surface area contributed by atoms with Crippen LogP contribution in [-0.4, -0.2) is 33.4 Å². The highest BCUT2D eigenvalue weighted by Crippen LogP contribution is 2.05. The average Bonchev–Trinajstić information content (AvgIpc) is 2.96. The Hall–Kier alpha value is -1.96. The monoisotopic (exact) mass is 252 g/mol. The van der Waals surface area contributed by atoms with Crippen LogP contribution in [0.5, 0.6) is 0 Å². The quantitative estimate of drug-likeness (QED) is 0.735. The molecule has 8 heteroatoms. The lowest BCUT2D eigenvalue weighted by atomic mass is 10.4. The Morgan fingerprint density at radius 2 is 2.11 bits per heavy atom. The summed E-state index contributed by atoms with van der Waals surface area (Å²) in [4.78, 5) is 4.09. The predicted octanol–water partition coefficient (Wildman–Crippen LogP) is 0.525. The van der Waals surface area contributed by atoms with Gasteiger partial charge in [-0.2, -0.15) is 4.98 Å². The maximum absolute atomic E-state index is 5.37. The molecule has 0 bridgehead atoms. The second-order valence-corrected chi connectivity index (χ2v) is 3.69. The molecule has 98 valence electrons. The Balaban J connectivity index is 1.74. The zero-order valence-electron chi connectivity index (χ0n) is 10.4. The van der Waals surface area contributed by atoms with Gasteiger partial charge in [0.05, 0.1) is 6.54 Å². The molecule has 0 aliphatic heterocycles. The van der Waals surface area contributed by atoms with E-state index in [-0.39, 0.29) is 0 Å². The fraction of sp³-hybridized carbons (Fsp3) is 0.600. The summed E-state index contributed by atoms with van der Waals surface area (Å²) in [5, 5.41) is 17.6. The van der Waals surface area contributed by atoms with Gasteiger partial charge in [0.15, 0.2) is 5.82 Å². The molecule has 0 aliphatic rings. The first-order valence-corrected chi connectivity index (χ1v) is 5.84. The van der Waals surface area contributed by atoms with Crippen LogP contribution in [0.15, 0.2) is 8.94 Å². The van der Waals surface area contributed by atoms with Gasteiger partial charge in [0.25, 0.3) is 0 Å². The molecule has 2 rings (SSSR count). The third-order valence-electron chi connectivity index (χ3n) is 2.18. The smallest absolute Gasteiger partial charge is 0.315 e. The van der Waals surface area contributed by atoms with Crippen LogP contribution in [0.1, 0.15) is 24.5 Å². The minimum atomic E-state index is 0.402. The molecule has 2 heterocycles. The lowest BCUT2D eigenvalue weighted by molar-refractivity contribution is 0.376. The van der Waals surface area contributed by atoms with Gasteiger partial charge in [-0.15, -0.1) is 5.10 Å². The van der Waals surface area contributed by atoms with E-state index in [0.29, 0.717) is 43.1 Å². The summed E-state index contributed by atoms with van der Waals surface area (Å²) in [5.74, 6) is 1.79. The van der Waals surface area contributed by atoms with Crippen molar-refractivity contribution in [3.8, 4) is 0 Å². The van der Waals surface area contributed by atoms with E-state index in [1.807, 2.05) is 6.92 Å². The molecular weight excluding hydrogens is 236 g/mol. The summed E-state index contributed by atoms with van der Waals surface area (Å²) < 4.78 is 10.3. The minimum Gasteiger partial charge on any atom is -0.407 e. The summed E-state index contributed by atoms with van der Waals surface area (Å²) in [6, 6.07) is 0.402. The number of nitrogens with zero attached hydrogens (tertiary/aromatic N) is 4. The van der Waals surface area contributed by atoms with Crippen molar-refractivity contribution >= 4 is 6.01 Å². The molecule has 0 aromatic carbocycles. The van der Waals surface area contributed by atoms with Gasteiger partial charge in [-0.05, 0) is 13.5 Å². The van der Waals surface area contributed by atoms with E-state index in [4.69, 9.17) is 8.94 Å². The van der Waals surface area contributed by atoms with Crippen LogP contribution in [0.2, 0.25) is 0 Å². The Morgan fingerprint density at radius 1 is 1.22 bits per heavy atom. The molecule has 0 aliphatic carbocycles. The van der Waals surface area contributed by atoms with Crippen LogP contribution < -0.4 is 10.6 Å². The molecule has 0 saturated heterocycles. The van der Waals surface area contributed by atoms with Gasteiger partial charge in [0, 0.05) is 13.0 Å². The third-order valence-corrected chi connectivity index (χ3v) is 2.18. The molecule has 0 unspecified atom stereocenters. The first-order chi connectivity index (χ1) is 8.78. The molecule has 2 N–H and O–H groups in total. The Kier molecular flexibility index (Phi) is 4.24. The molecule has 0 atom stereocenters. The minimum absolute atomic E-state index is 0.402. The first-order valence-electron chi connectivity index (χ1n) is 5.84. The van der Waals surface area contributed by atoms with E-state index >= 15 is 0 Å². The molecule has 2 aromatic rings. The number of hydrogen-bond acceptors (Lipinski definition) is 8. The van der Waals surface area contributed by atoms with Gasteiger partial charge >= 0.3 is 6.01 Å². The highest BCUT2D eigenvalue weighted by molar-refractivity contribution is 5.16. The van der Waals surface area contributed by atoms with Crippen molar-refractivity contribution in [2.45, 2.75) is 26.8 Å². The molecule has 0 fully saturated rings. The van der Waals surface area contributed by atoms with E-state index in [1.165, 1.54) is 0 Å². The Labute approximate surface area is 104 Å². The van der Waals surface area contributed by atoms with Gasteiger partial charge in [-0.3, -0.25) is 0 Å². The molecule has 8 nitrogen and oxygen atoms in total. The fourth-order valence-electron chi connectivity index (χ4n) is 1.35. The van der Waals surface area contributed by atoms with Crippen LogP contribution in [0.3, 0.4) is 0 Å². The van der Waals surface area contributed by atoms with Crippen molar-refractivity contribution in [3.05, 3.63) is 17.6 Å². The highest BCUT2D eigenvalue weighted by Gasteiger charge is 2.06. The zero-order valence-corrected chi connectivity index (χ0v) is 10.4. The van der Waals surface area contributed by atoms with E-state index in [1.54, 1.807) is 6.92 Å². The average molecular weight is 252 g/mol. The Bertz CT molecular complexity index is 480. The second-order valence-electron chi connectivity index (χ2n) is 3.69. The van der Waals surface area contributed by atoms with Gasteiger partial charge in [0.2, 0.25) is 11.8 Å². The van der Waals surface area contributed by atoms with Gasteiger partial charge in [-0.25, -0.2) is 0 Å². The van der Waals surface area contributed by atoms with Gasteiger partial charge in [0.1, 0.15) is 0 Å². The van der Waals surface area contributed by atoms with Crippen LogP contribution in [0.4, 0.5) is 6.01 Å². The van der Waals surface area contributed by atoms with E-state index in [9.17, 15) is 0 Å². The molecule has 0 amide bonds. The summed E-state index contributed by atoms with van der Waals surface area (Å²) >= 11 is 0. The largest absolute Gasteiger partial charge is 0.407 e. The number of rotatable bonds is 7. The van der Waals surface area contributed by atoms with Crippen molar-refractivity contribution in [1.82, 2.24) is 25.7 Å². The number of aromatic nitrogens is 4. The topological polar surface area (TPSA) is 102 Å². The van der Waals surface area contributed by atoms with Crippen molar-refractivity contribution in [2.24, 2.45) is 0 Å². The van der Waals surface area contributed by atoms with E-state index < -0.39 is 0 Å². The van der Waals surface area contributed by atoms with Gasteiger partial charge < -0.3 is 19.6 Å². The molecule has 2 aromatic heterocycles. The standard InChI is InChI=1S/C10H16N6O2/c1-3-11-6-9-14-15-10(17-9)12-5-4-8-13-7(2)16-18-8/h11H,3-6H2,1-2H3,(H,12,15). The normalized spacial score (nSPS) is 10.8. The van der Waals surface area contributed by atoms with Gasteiger partial charge in [-0.1, -0.05) is 17.2 Å². The number of aryl methyl sites for hydroxylation is 1. The summed E-state index contributed by atoms with van der Waals surface area (Å²) in [7, 11) is 0. The summed E-state index contributed by atoms with van der Waals surface area (Å²) in [6.45, 7) is 5.84. The predicted molar refractivity (Wildman–Crippen MR) is 62.9 cm³/mol. The molecular formula is C10H16N6O2. The zero-order chi connectivity index (χ0) is 12.8. The highest BCUT2D eigenvalue weighted by atomic mass is 16.5.